The molecule has 7 heteroatoms. The van der Waals surface area contributed by atoms with Gasteiger partial charge in [0, 0.05) is 0 Å². The molecule has 20 heavy (non-hydrogen) atoms. The second-order valence-corrected chi connectivity index (χ2v) is 4.99. The van der Waals surface area contributed by atoms with Gasteiger partial charge in [0.05, 0.1) is 17.9 Å². The summed E-state index contributed by atoms with van der Waals surface area (Å²) in [5, 5.41) is 8.74. The number of hydrogen-bond acceptors (Lipinski definition) is 5. The van der Waals surface area contributed by atoms with E-state index in [4.69, 9.17) is 15.6 Å². The molecule has 3 N–H and O–H groups in total. The third kappa shape index (κ3) is 3.86. The average molecular weight is 292 g/mol. The molecule has 6 nitrogen and oxygen atoms in total. The van der Waals surface area contributed by atoms with Crippen molar-refractivity contribution in [3.63, 3.8) is 0 Å². The number of nitrogens with zero attached hydrogens (tertiary/aromatic N) is 1. The summed E-state index contributed by atoms with van der Waals surface area (Å²) in [6, 6.07) is 6.96. The van der Waals surface area contributed by atoms with Crippen molar-refractivity contribution < 1.29 is 19.4 Å². The van der Waals surface area contributed by atoms with Crippen molar-refractivity contribution in [2.24, 2.45) is 10.7 Å². The van der Waals surface area contributed by atoms with E-state index in [0.29, 0.717) is 10.7 Å². The molecule has 0 aromatic heterocycles. The number of benzene rings is 1. The quantitative estimate of drug-likeness (QED) is 0.797. The maximum absolute atomic E-state index is 11.4. The molecule has 0 radical (unpaired) electrons. The number of nitrogens with two attached hydrogens (primary N) is 1. The Hall–Kier alpha value is -2.28. The summed E-state index contributed by atoms with van der Waals surface area (Å²) in [7, 11) is 0. The van der Waals surface area contributed by atoms with Crippen LogP contribution in [0.3, 0.4) is 0 Å². The smallest absolute Gasteiger partial charge is 0.306 e. The van der Waals surface area contributed by atoms with Gasteiger partial charge in [-0.3, -0.25) is 9.59 Å². The summed E-state index contributed by atoms with van der Waals surface area (Å²) in [4.78, 5) is 25.9. The molecule has 0 aliphatic carbocycles. The maximum atomic E-state index is 11.4. The highest BCUT2D eigenvalue weighted by Crippen LogP contribution is 2.26. The molecule has 0 spiro atoms. The van der Waals surface area contributed by atoms with Gasteiger partial charge in [0.25, 0.3) is 5.91 Å². The number of ether oxygens (including phenoxy) is 1. The summed E-state index contributed by atoms with van der Waals surface area (Å²) in [5.74, 6) is -0.662. The minimum Gasteiger partial charge on any atom is -0.493 e. The van der Waals surface area contributed by atoms with E-state index >= 15 is 0 Å². The summed E-state index contributed by atoms with van der Waals surface area (Å²) in [6.45, 7) is 0.120. The van der Waals surface area contributed by atoms with E-state index in [2.05, 4.69) is 4.99 Å². The first kappa shape index (κ1) is 14.1. The third-order valence-electron chi connectivity index (χ3n) is 2.40. The second kappa shape index (κ2) is 6.25. The Bertz CT molecular complexity index is 593. The zero-order valence-electron chi connectivity index (χ0n) is 10.4. The highest BCUT2D eigenvalue weighted by molar-refractivity contribution is 8.18. The molecule has 0 saturated heterocycles. The number of carbonyl (C=O) groups excluding carboxylic acids is 1. The van der Waals surface area contributed by atoms with Crippen LogP contribution in [0, 0.1) is 0 Å². The molecule has 2 rings (SSSR count). The van der Waals surface area contributed by atoms with Crippen molar-refractivity contribution in [3.05, 3.63) is 34.7 Å². The van der Waals surface area contributed by atoms with Crippen molar-refractivity contribution in [2.45, 2.75) is 6.42 Å². The zero-order valence-corrected chi connectivity index (χ0v) is 11.2. The molecule has 1 heterocycles. The first-order valence-electron chi connectivity index (χ1n) is 5.77. The summed E-state index contributed by atoms with van der Waals surface area (Å²) in [6.07, 6.45) is 1.64. The Morgan fingerprint density at radius 2 is 2.10 bits per heavy atom. The molecule has 0 atom stereocenters. The lowest BCUT2D eigenvalue weighted by molar-refractivity contribution is -0.137. The van der Waals surface area contributed by atoms with Crippen LogP contribution in [-0.4, -0.2) is 28.8 Å². The molecule has 0 saturated carbocycles. The van der Waals surface area contributed by atoms with E-state index in [1.807, 2.05) is 0 Å². The first-order chi connectivity index (χ1) is 9.54. The van der Waals surface area contributed by atoms with Gasteiger partial charge < -0.3 is 15.6 Å². The highest BCUT2D eigenvalue weighted by Gasteiger charge is 2.19. The number of amides is 1. The van der Waals surface area contributed by atoms with Crippen molar-refractivity contribution in [1.82, 2.24) is 0 Å². The van der Waals surface area contributed by atoms with Crippen molar-refractivity contribution in [2.75, 3.05) is 6.61 Å². The van der Waals surface area contributed by atoms with Gasteiger partial charge in [-0.15, -0.1) is 0 Å². The number of hydrogen-bond donors (Lipinski definition) is 2. The van der Waals surface area contributed by atoms with E-state index in [9.17, 15) is 9.59 Å². The fourth-order valence-electron chi connectivity index (χ4n) is 1.49. The number of rotatable bonds is 5. The Morgan fingerprint density at radius 1 is 1.40 bits per heavy atom. The summed E-state index contributed by atoms with van der Waals surface area (Å²) >= 11 is 1.13. The van der Waals surface area contributed by atoms with Crippen LogP contribution in [0.5, 0.6) is 5.75 Å². The van der Waals surface area contributed by atoms with Gasteiger partial charge >= 0.3 is 5.97 Å². The SMILES string of the molecule is NC1=NC(=O)/C(=C/c2ccc(OCCC(=O)O)cc2)S1. The Morgan fingerprint density at radius 3 is 2.65 bits per heavy atom. The minimum absolute atomic E-state index is 0.0481. The number of amidine groups is 1. The van der Waals surface area contributed by atoms with Crippen molar-refractivity contribution in [3.8, 4) is 5.75 Å². The van der Waals surface area contributed by atoms with Gasteiger partial charge in [-0.2, -0.15) is 4.99 Å². The van der Waals surface area contributed by atoms with Gasteiger partial charge in [-0.1, -0.05) is 12.1 Å². The Kier molecular flexibility index (Phi) is 4.41. The molecule has 104 valence electrons. The number of carboxylic acid groups (broad SMARTS) is 1. The van der Waals surface area contributed by atoms with Gasteiger partial charge in [-0.25, -0.2) is 0 Å². The van der Waals surface area contributed by atoms with Crippen LogP contribution in [0.1, 0.15) is 12.0 Å². The number of carbonyl (C=O) groups is 2. The Balaban J connectivity index is 1.97. The molecule has 1 aliphatic heterocycles. The van der Waals surface area contributed by atoms with Gasteiger partial charge in [0.2, 0.25) is 0 Å². The molecule has 1 aliphatic rings. The monoisotopic (exact) mass is 292 g/mol. The molecule has 0 unspecified atom stereocenters. The number of carboxylic acids is 1. The molecule has 0 fully saturated rings. The summed E-state index contributed by atoms with van der Waals surface area (Å²) in [5.41, 5.74) is 6.27. The number of thioether (sulfide) groups is 1. The van der Waals surface area contributed by atoms with E-state index in [0.717, 1.165) is 17.3 Å². The number of aliphatic carboxylic acids is 1. The average Bonchev–Trinajstić information content (AvgIpc) is 2.69. The van der Waals surface area contributed by atoms with Crippen LogP contribution in [-0.2, 0) is 9.59 Å². The van der Waals surface area contributed by atoms with E-state index in [1.54, 1.807) is 30.3 Å². The largest absolute Gasteiger partial charge is 0.493 e. The minimum atomic E-state index is -0.902. The lowest BCUT2D eigenvalue weighted by atomic mass is 10.2. The maximum Gasteiger partial charge on any atom is 0.306 e. The summed E-state index contributed by atoms with van der Waals surface area (Å²) < 4.78 is 5.26. The van der Waals surface area contributed by atoms with Crippen LogP contribution in [0.15, 0.2) is 34.2 Å². The lowest BCUT2D eigenvalue weighted by Gasteiger charge is -2.04. The fourth-order valence-corrected chi connectivity index (χ4v) is 2.18. The second-order valence-electron chi connectivity index (χ2n) is 3.93. The predicted octanol–water partition coefficient (Wildman–Crippen LogP) is 1.47. The van der Waals surface area contributed by atoms with E-state index < -0.39 is 5.97 Å². The predicted molar refractivity (Wildman–Crippen MR) is 76.4 cm³/mol. The third-order valence-corrected chi connectivity index (χ3v) is 3.21. The Labute approximate surface area is 119 Å². The molecular weight excluding hydrogens is 280 g/mol. The molecule has 1 amide bonds. The van der Waals surface area contributed by atoms with Crippen molar-refractivity contribution in [1.29, 1.82) is 0 Å². The van der Waals surface area contributed by atoms with Crippen molar-refractivity contribution >= 4 is 34.9 Å². The molecule has 0 bridgehead atoms. The van der Waals surface area contributed by atoms with Gasteiger partial charge in [-0.05, 0) is 35.5 Å². The van der Waals surface area contributed by atoms with E-state index in [-0.39, 0.29) is 24.1 Å². The highest BCUT2D eigenvalue weighted by atomic mass is 32.2. The van der Waals surface area contributed by atoms with Gasteiger partial charge in [0.15, 0.2) is 5.17 Å². The van der Waals surface area contributed by atoms with Crippen LogP contribution < -0.4 is 10.5 Å². The standard InChI is InChI=1S/C13H12N2O4S/c14-13-15-12(18)10(20-13)7-8-1-3-9(4-2-8)19-6-5-11(16)17/h1-4,7H,5-6H2,(H,16,17)(H2,14,15,18)/b10-7-. The van der Waals surface area contributed by atoms with Crippen LogP contribution in [0.25, 0.3) is 6.08 Å². The van der Waals surface area contributed by atoms with Gasteiger partial charge in [0.1, 0.15) is 5.75 Å². The van der Waals surface area contributed by atoms with E-state index in [1.165, 1.54) is 0 Å². The first-order valence-corrected chi connectivity index (χ1v) is 6.59. The zero-order chi connectivity index (χ0) is 14.5. The topological polar surface area (TPSA) is 102 Å². The fraction of sp³-hybridized carbons (Fsp3) is 0.154. The molecule has 1 aromatic carbocycles. The van der Waals surface area contributed by atoms with Crippen LogP contribution >= 0.6 is 11.8 Å². The normalized spacial score (nSPS) is 16.3. The van der Waals surface area contributed by atoms with Crippen LogP contribution in [0.2, 0.25) is 0 Å². The lowest BCUT2D eigenvalue weighted by Crippen LogP contribution is -2.04. The molecule has 1 aromatic rings. The number of aliphatic imine (C=N–C) groups is 1. The van der Waals surface area contributed by atoms with Crippen LogP contribution in [0.4, 0.5) is 0 Å². The molecular formula is C13H12N2O4S.